The summed E-state index contributed by atoms with van der Waals surface area (Å²) in [4.78, 5) is 21.7. The number of ether oxygens (including phenoxy) is 1. The molecule has 94 valence electrons. The van der Waals surface area contributed by atoms with E-state index in [9.17, 15) is 9.59 Å². The van der Waals surface area contributed by atoms with E-state index in [1.54, 1.807) is 0 Å². The van der Waals surface area contributed by atoms with Crippen molar-refractivity contribution in [1.29, 1.82) is 0 Å². The zero-order valence-corrected chi connectivity index (χ0v) is 10.6. The fraction of sp³-hybridized carbons (Fsp3) is 0.846. The summed E-state index contributed by atoms with van der Waals surface area (Å²) in [7, 11) is 0. The first-order valence-electron chi connectivity index (χ1n) is 6.32. The Bertz CT molecular complexity index is 199. The van der Waals surface area contributed by atoms with Crippen LogP contribution in [0, 0.1) is 0 Å². The monoisotopic (exact) mass is 228 g/mol. The van der Waals surface area contributed by atoms with E-state index in [1.807, 2.05) is 0 Å². The first-order chi connectivity index (χ1) is 7.66. The third-order valence-electron chi connectivity index (χ3n) is 2.44. The zero-order valence-electron chi connectivity index (χ0n) is 10.6. The fourth-order valence-electron chi connectivity index (χ4n) is 1.42. The molecule has 0 aromatic carbocycles. The summed E-state index contributed by atoms with van der Waals surface area (Å²) in [6, 6.07) is 0. The predicted octanol–water partition coefficient (Wildman–Crippen LogP) is 3.26. The molecule has 0 aromatic heterocycles. The average molecular weight is 228 g/mol. The molecule has 0 aliphatic carbocycles. The van der Waals surface area contributed by atoms with Crippen molar-refractivity contribution in [2.24, 2.45) is 0 Å². The van der Waals surface area contributed by atoms with Crippen LogP contribution in [0.25, 0.3) is 0 Å². The zero-order chi connectivity index (χ0) is 12.2. The normalized spacial score (nSPS) is 10.1. The van der Waals surface area contributed by atoms with Crippen molar-refractivity contribution in [3.63, 3.8) is 0 Å². The number of rotatable bonds is 10. The molecule has 0 radical (unpaired) electrons. The second-order valence-corrected chi connectivity index (χ2v) is 4.19. The molecule has 0 fully saturated rings. The van der Waals surface area contributed by atoms with E-state index < -0.39 is 0 Å². The Balaban J connectivity index is 3.18. The Hall–Kier alpha value is -0.860. The van der Waals surface area contributed by atoms with Crippen molar-refractivity contribution >= 4 is 11.8 Å². The Morgan fingerprint density at radius 1 is 0.938 bits per heavy atom. The standard InChI is InChI=1S/C13H24O3/c1-3-4-5-6-7-8-11-16-13(15)10-9-12(2)14/h3-11H2,1-2H3. The molecule has 3 nitrogen and oxygen atoms in total. The minimum absolute atomic E-state index is 0.0384. The van der Waals surface area contributed by atoms with Crippen LogP contribution < -0.4 is 0 Å². The number of hydrogen-bond acceptors (Lipinski definition) is 3. The van der Waals surface area contributed by atoms with Crippen LogP contribution in [0.3, 0.4) is 0 Å². The maximum atomic E-state index is 11.1. The molecule has 0 saturated heterocycles. The Labute approximate surface area is 98.6 Å². The van der Waals surface area contributed by atoms with E-state index >= 15 is 0 Å². The van der Waals surface area contributed by atoms with Gasteiger partial charge >= 0.3 is 5.97 Å². The SMILES string of the molecule is CCCCCCCCOC(=O)CCC(C)=O. The van der Waals surface area contributed by atoms with Crippen molar-refractivity contribution in [2.75, 3.05) is 6.61 Å². The second-order valence-electron chi connectivity index (χ2n) is 4.19. The second kappa shape index (κ2) is 10.7. The quantitative estimate of drug-likeness (QED) is 0.426. The van der Waals surface area contributed by atoms with Gasteiger partial charge in [-0.3, -0.25) is 4.79 Å². The first-order valence-corrected chi connectivity index (χ1v) is 6.32. The van der Waals surface area contributed by atoms with Crippen molar-refractivity contribution < 1.29 is 14.3 Å². The van der Waals surface area contributed by atoms with Crippen LogP contribution in [0.5, 0.6) is 0 Å². The third-order valence-corrected chi connectivity index (χ3v) is 2.44. The summed E-state index contributed by atoms with van der Waals surface area (Å²) in [5.74, 6) is -0.208. The molecule has 0 saturated carbocycles. The number of hydrogen-bond donors (Lipinski definition) is 0. The summed E-state index contributed by atoms with van der Waals surface area (Å²) in [5, 5.41) is 0. The Kier molecular flexibility index (Phi) is 10.1. The lowest BCUT2D eigenvalue weighted by molar-refractivity contribution is -0.144. The highest BCUT2D eigenvalue weighted by atomic mass is 16.5. The van der Waals surface area contributed by atoms with Crippen LogP contribution in [0.4, 0.5) is 0 Å². The molecule has 0 rings (SSSR count). The molecule has 0 unspecified atom stereocenters. The minimum Gasteiger partial charge on any atom is -0.466 e. The predicted molar refractivity (Wildman–Crippen MR) is 64.3 cm³/mol. The van der Waals surface area contributed by atoms with Crippen LogP contribution in [0.1, 0.15) is 65.2 Å². The molecule has 0 bridgehead atoms. The highest BCUT2D eigenvalue weighted by molar-refractivity contribution is 5.80. The smallest absolute Gasteiger partial charge is 0.306 e. The van der Waals surface area contributed by atoms with Crippen molar-refractivity contribution in [1.82, 2.24) is 0 Å². The molecule has 0 heterocycles. The largest absolute Gasteiger partial charge is 0.466 e. The van der Waals surface area contributed by atoms with Gasteiger partial charge in [0.1, 0.15) is 5.78 Å². The number of ketones is 1. The first kappa shape index (κ1) is 15.1. The van der Waals surface area contributed by atoms with Gasteiger partial charge in [0.05, 0.1) is 13.0 Å². The van der Waals surface area contributed by atoms with Gasteiger partial charge in [0.2, 0.25) is 0 Å². The Morgan fingerprint density at radius 3 is 2.19 bits per heavy atom. The summed E-state index contributed by atoms with van der Waals surface area (Å²) in [5.41, 5.74) is 0. The molecule has 3 heteroatoms. The molecule has 0 spiro atoms. The lowest BCUT2D eigenvalue weighted by Gasteiger charge is -2.03. The summed E-state index contributed by atoms with van der Waals surface area (Å²) < 4.78 is 5.01. The fourth-order valence-corrected chi connectivity index (χ4v) is 1.42. The highest BCUT2D eigenvalue weighted by Crippen LogP contribution is 2.05. The van der Waals surface area contributed by atoms with Gasteiger partial charge in [-0.2, -0.15) is 0 Å². The van der Waals surface area contributed by atoms with Gasteiger partial charge in [-0.15, -0.1) is 0 Å². The summed E-state index contributed by atoms with van der Waals surface area (Å²) in [6.07, 6.45) is 7.63. The Morgan fingerprint density at radius 2 is 1.56 bits per heavy atom. The number of unbranched alkanes of at least 4 members (excludes halogenated alkanes) is 5. The van der Waals surface area contributed by atoms with E-state index in [-0.39, 0.29) is 18.2 Å². The van der Waals surface area contributed by atoms with Crippen LogP contribution >= 0.6 is 0 Å². The van der Waals surface area contributed by atoms with E-state index in [1.165, 1.54) is 32.6 Å². The number of carbonyl (C=O) groups excluding carboxylic acids is 2. The van der Waals surface area contributed by atoms with E-state index in [2.05, 4.69) is 6.92 Å². The molecule has 0 aliphatic heterocycles. The topological polar surface area (TPSA) is 43.4 Å². The molecule has 0 aliphatic rings. The van der Waals surface area contributed by atoms with Gasteiger partial charge in [-0.05, 0) is 13.3 Å². The molecule has 0 N–H and O–H groups in total. The maximum Gasteiger partial charge on any atom is 0.306 e. The van der Waals surface area contributed by atoms with Crippen LogP contribution in [0.15, 0.2) is 0 Å². The summed E-state index contributed by atoms with van der Waals surface area (Å²) >= 11 is 0. The van der Waals surface area contributed by atoms with E-state index in [0.717, 1.165) is 12.8 Å². The molecule has 0 amide bonds. The molecular formula is C13H24O3. The van der Waals surface area contributed by atoms with Crippen LogP contribution in [-0.4, -0.2) is 18.4 Å². The van der Waals surface area contributed by atoms with Gasteiger partial charge < -0.3 is 9.53 Å². The maximum absolute atomic E-state index is 11.1. The summed E-state index contributed by atoms with van der Waals surface area (Å²) in [6.45, 7) is 4.18. The molecule has 0 atom stereocenters. The minimum atomic E-state index is -0.247. The lowest BCUT2D eigenvalue weighted by atomic mass is 10.1. The van der Waals surface area contributed by atoms with Gasteiger partial charge in [0.25, 0.3) is 0 Å². The number of carbonyl (C=O) groups is 2. The average Bonchev–Trinajstić information content (AvgIpc) is 2.25. The lowest BCUT2D eigenvalue weighted by Crippen LogP contribution is -2.07. The van der Waals surface area contributed by atoms with E-state index in [0.29, 0.717) is 13.0 Å². The van der Waals surface area contributed by atoms with Gasteiger partial charge in [-0.25, -0.2) is 0 Å². The molecule has 0 aromatic rings. The van der Waals surface area contributed by atoms with Gasteiger partial charge in [0.15, 0.2) is 0 Å². The number of esters is 1. The van der Waals surface area contributed by atoms with Gasteiger partial charge in [-0.1, -0.05) is 39.0 Å². The van der Waals surface area contributed by atoms with Crippen LogP contribution in [0.2, 0.25) is 0 Å². The third kappa shape index (κ3) is 11.2. The van der Waals surface area contributed by atoms with Crippen molar-refractivity contribution in [3.8, 4) is 0 Å². The number of Topliss-reactive ketones (excluding diaryl/α,β-unsaturated/α-hetero) is 1. The van der Waals surface area contributed by atoms with Crippen molar-refractivity contribution in [3.05, 3.63) is 0 Å². The van der Waals surface area contributed by atoms with Crippen molar-refractivity contribution in [2.45, 2.75) is 65.2 Å². The molecule has 16 heavy (non-hydrogen) atoms. The highest BCUT2D eigenvalue weighted by Gasteiger charge is 2.04. The molecular weight excluding hydrogens is 204 g/mol. The van der Waals surface area contributed by atoms with E-state index in [4.69, 9.17) is 4.74 Å². The van der Waals surface area contributed by atoms with Gasteiger partial charge in [0, 0.05) is 6.42 Å². The van der Waals surface area contributed by atoms with Crippen LogP contribution in [-0.2, 0) is 14.3 Å².